The number of hydrogen-bond acceptors (Lipinski definition) is 5. The topological polar surface area (TPSA) is 84.9 Å². The summed E-state index contributed by atoms with van der Waals surface area (Å²) in [4.78, 5) is 37.6. The van der Waals surface area contributed by atoms with Crippen LogP contribution < -0.4 is 15.0 Å². The number of benzene rings is 2. The minimum absolute atomic E-state index is 0.0825. The van der Waals surface area contributed by atoms with Crippen LogP contribution in [-0.2, 0) is 14.3 Å². The Labute approximate surface area is 164 Å². The van der Waals surface area contributed by atoms with Gasteiger partial charge in [-0.05, 0) is 42.8 Å². The van der Waals surface area contributed by atoms with E-state index in [2.05, 4.69) is 10.1 Å². The molecular formula is C21H24N2O5. The van der Waals surface area contributed by atoms with Crippen LogP contribution in [0.15, 0.2) is 42.5 Å². The number of hydrogen-bond donors (Lipinski definition) is 1. The second-order valence-electron chi connectivity index (χ2n) is 6.22. The Balaban J connectivity index is 2.08. The molecule has 2 aromatic carbocycles. The van der Waals surface area contributed by atoms with Gasteiger partial charge in [0.1, 0.15) is 5.75 Å². The molecule has 0 saturated heterocycles. The van der Waals surface area contributed by atoms with Crippen molar-refractivity contribution in [2.75, 3.05) is 31.0 Å². The molecule has 0 heterocycles. The Morgan fingerprint density at radius 1 is 1.07 bits per heavy atom. The molecule has 0 unspecified atom stereocenters. The van der Waals surface area contributed by atoms with Crippen LogP contribution in [0.1, 0.15) is 29.3 Å². The zero-order valence-corrected chi connectivity index (χ0v) is 16.4. The number of esters is 1. The van der Waals surface area contributed by atoms with Crippen LogP contribution in [0.4, 0.5) is 11.4 Å². The summed E-state index contributed by atoms with van der Waals surface area (Å²) in [6, 6.07) is 12.0. The Kier molecular flexibility index (Phi) is 7.14. The van der Waals surface area contributed by atoms with Gasteiger partial charge in [-0.15, -0.1) is 0 Å². The first-order valence-electron chi connectivity index (χ1n) is 8.76. The Morgan fingerprint density at radius 2 is 1.82 bits per heavy atom. The number of ether oxygens (including phenoxy) is 2. The minimum Gasteiger partial charge on any atom is -0.495 e. The number of nitrogens with zero attached hydrogens (tertiary/aromatic N) is 1. The first kappa shape index (κ1) is 21.0. The van der Waals surface area contributed by atoms with Crippen LogP contribution in [0.5, 0.6) is 5.75 Å². The van der Waals surface area contributed by atoms with Crippen molar-refractivity contribution in [3.63, 3.8) is 0 Å². The Bertz CT molecular complexity index is 879. The molecule has 2 amide bonds. The lowest BCUT2D eigenvalue weighted by molar-refractivity contribution is -0.117. The van der Waals surface area contributed by atoms with Gasteiger partial charge in [0.2, 0.25) is 11.8 Å². The summed E-state index contributed by atoms with van der Waals surface area (Å²) < 4.78 is 10.0. The molecule has 0 aromatic heterocycles. The van der Waals surface area contributed by atoms with E-state index in [0.717, 1.165) is 5.56 Å². The molecule has 0 bridgehead atoms. The maximum atomic E-state index is 12.3. The van der Waals surface area contributed by atoms with Crippen LogP contribution in [0.2, 0.25) is 0 Å². The van der Waals surface area contributed by atoms with Crippen molar-refractivity contribution in [2.24, 2.45) is 0 Å². The van der Waals surface area contributed by atoms with Crippen LogP contribution in [0.3, 0.4) is 0 Å². The third kappa shape index (κ3) is 5.33. The van der Waals surface area contributed by atoms with Crippen molar-refractivity contribution in [1.82, 2.24) is 0 Å². The highest BCUT2D eigenvalue weighted by molar-refractivity contribution is 5.97. The maximum Gasteiger partial charge on any atom is 0.337 e. The Hall–Kier alpha value is -3.35. The zero-order chi connectivity index (χ0) is 20.7. The van der Waals surface area contributed by atoms with Gasteiger partial charge in [-0.2, -0.15) is 0 Å². The number of aryl methyl sites for hydroxylation is 1. The van der Waals surface area contributed by atoms with Gasteiger partial charge in [-0.3, -0.25) is 9.59 Å². The van der Waals surface area contributed by atoms with Crippen LogP contribution >= 0.6 is 0 Å². The fraction of sp³-hybridized carbons (Fsp3) is 0.286. The molecule has 7 heteroatoms. The molecular weight excluding hydrogens is 360 g/mol. The van der Waals surface area contributed by atoms with Crippen molar-refractivity contribution in [2.45, 2.75) is 20.3 Å². The largest absolute Gasteiger partial charge is 0.495 e. The number of carbonyl (C=O) groups excluding carboxylic acids is 3. The molecule has 0 atom stereocenters. The lowest BCUT2D eigenvalue weighted by Crippen LogP contribution is -2.32. The van der Waals surface area contributed by atoms with E-state index in [1.54, 1.807) is 24.3 Å². The van der Waals surface area contributed by atoms with E-state index in [1.807, 2.05) is 19.1 Å². The van der Waals surface area contributed by atoms with E-state index >= 15 is 0 Å². The van der Waals surface area contributed by atoms with Gasteiger partial charge in [-0.1, -0.05) is 12.1 Å². The molecule has 1 N–H and O–H groups in total. The molecule has 0 aliphatic carbocycles. The van der Waals surface area contributed by atoms with E-state index in [4.69, 9.17) is 4.74 Å². The van der Waals surface area contributed by atoms with Gasteiger partial charge in [0.15, 0.2) is 0 Å². The van der Waals surface area contributed by atoms with Gasteiger partial charge < -0.3 is 19.7 Å². The van der Waals surface area contributed by atoms with Crippen molar-refractivity contribution in [3.8, 4) is 5.75 Å². The molecule has 0 fully saturated rings. The van der Waals surface area contributed by atoms with E-state index in [-0.39, 0.29) is 24.8 Å². The Morgan fingerprint density at radius 3 is 2.46 bits per heavy atom. The number of amides is 2. The highest BCUT2D eigenvalue weighted by Crippen LogP contribution is 2.29. The van der Waals surface area contributed by atoms with Crippen molar-refractivity contribution in [1.29, 1.82) is 0 Å². The standard InChI is InChI=1S/C21H24N2O5/c1-14-8-9-19(27-3)18(12-14)23(15(2)24)11-10-20(25)22-17-7-5-6-16(13-17)21(26)28-4/h5-9,12-13H,10-11H2,1-4H3,(H,22,25). The SMILES string of the molecule is COC(=O)c1cccc(NC(=O)CCN(C(C)=O)c2cc(C)ccc2OC)c1. The molecule has 0 aliphatic rings. The average Bonchev–Trinajstić information content (AvgIpc) is 2.67. The normalized spacial score (nSPS) is 10.1. The zero-order valence-electron chi connectivity index (χ0n) is 16.4. The molecule has 0 spiro atoms. The summed E-state index contributed by atoms with van der Waals surface area (Å²) in [6.45, 7) is 3.56. The summed E-state index contributed by atoms with van der Waals surface area (Å²) in [6.07, 6.45) is 0.0825. The number of anilines is 2. The molecule has 0 radical (unpaired) electrons. The maximum absolute atomic E-state index is 12.3. The van der Waals surface area contributed by atoms with Gasteiger partial charge in [0, 0.05) is 25.6 Å². The quantitative estimate of drug-likeness (QED) is 0.741. The third-order valence-corrected chi connectivity index (χ3v) is 4.14. The lowest BCUT2D eigenvalue weighted by Gasteiger charge is -2.23. The second-order valence-corrected chi connectivity index (χ2v) is 6.22. The second kappa shape index (κ2) is 9.55. The van der Waals surface area contributed by atoms with E-state index in [1.165, 1.54) is 32.1 Å². The highest BCUT2D eigenvalue weighted by atomic mass is 16.5. The number of rotatable bonds is 7. The van der Waals surface area contributed by atoms with Crippen LogP contribution in [0, 0.1) is 6.92 Å². The molecule has 7 nitrogen and oxygen atoms in total. The first-order valence-corrected chi connectivity index (χ1v) is 8.76. The van der Waals surface area contributed by atoms with Crippen LogP contribution in [-0.4, -0.2) is 38.5 Å². The van der Waals surface area contributed by atoms with Crippen molar-refractivity contribution in [3.05, 3.63) is 53.6 Å². The smallest absolute Gasteiger partial charge is 0.337 e. The summed E-state index contributed by atoms with van der Waals surface area (Å²) in [5, 5.41) is 2.73. The predicted molar refractivity (Wildman–Crippen MR) is 107 cm³/mol. The molecule has 0 saturated carbocycles. The number of nitrogens with one attached hydrogen (secondary N) is 1. The van der Waals surface area contributed by atoms with Crippen LogP contribution in [0.25, 0.3) is 0 Å². The van der Waals surface area contributed by atoms with Gasteiger partial charge in [-0.25, -0.2) is 4.79 Å². The monoisotopic (exact) mass is 384 g/mol. The van der Waals surface area contributed by atoms with Gasteiger partial charge in [0.25, 0.3) is 0 Å². The average molecular weight is 384 g/mol. The predicted octanol–water partition coefficient (Wildman–Crippen LogP) is 3.17. The number of carbonyl (C=O) groups is 3. The van der Waals surface area contributed by atoms with Gasteiger partial charge in [0.05, 0.1) is 25.5 Å². The summed E-state index contributed by atoms with van der Waals surface area (Å²) in [5.74, 6) is -0.387. The van der Waals surface area contributed by atoms with E-state index in [9.17, 15) is 14.4 Å². The van der Waals surface area contributed by atoms with Gasteiger partial charge >= 0.3 is 5.97 Å². The molecule has 2 aromatic rings. The van der Waals surface area contributed by atoms with E-state index in [0.29, 0.717) is 22.7 Å². The summed E-state index contributed by atoms with van der Waals surface area (Å²) in [5.41, 5.74) is 2.42. The summed E-state index contributed by atoms with van der Waals surface area (Å²) >= 11 is 0. The molecule has 28 heavy (non-hydrogen) atoms. The lowest BCUT2D eigenvalue weighted by atomic mass is 10.1. The fourth-order valence-corrected chi connectivity index (χ4v) is 2.74. The van der Waals surface area contributed by atoms with E-state index < -0.39 is 5.97 Å². The van der Waals surface area contributed by atoms with Crippen molar-refractivity contribution >= 4 is 29.2 Å². The number of methoxy groups -OCH3 is 2. The third-order valence-electron chi connectivity index (χ3n) is 4.14. The fourth-order valence-electron chi connectivity index (χ4n) is 2.74. The van der Waals surface area contributed by atoms with Crippen molar-refractivity contribution < 1.29 is 23.9 Å². The first-order chi connectivity index (χ1) is 13.3. The molecule has 2 rings (SSSR count). The molecule has 148 valence electrons. The minimum atomic E-state index is -0.481. The highest BCUT2D eigenvalue weighted by Gasteiger charge is 2.18. The molecule has 0 aliphatic heterocycles. The summed E-state index contributed by atoms with van der Waals surface area (Å²) in [7, 11) is 2.83.